The molecule has 0 aliphatic carbocycles. The third-order valence-corrected chi connectivity index (χ3v) is 2.37. The molecule has 4 nitrogen and oxygen atoms in total. The molecule has 1 heterocycles. The molecule has 7 heteroatoms. The Morgan fingerprint density at radius 3 is 2.56 bits per heavy atom. The SMILES string of the molecule is CC[C@@H](CO)NC(=O)c1ccc(C(F)(F)F)cn1. The van der Waals surface area contributed by atoms with Gasteiger partial charge in [0, 0.05) is 6.20 Å². The van der Waals surface area contributed by atoms with Crippen molar-refractivity contribution in [2.24, 2.45) is 0 Å². The van der Waals surface area contributed by atoms with Crippen LogP contribution in [0.2, 0.25) is 0 Å². The lowest BCUT2D eigenvalue weighted by Gasteiger charge is -2.13. The Morgan fingerprint density at radius 2 is 2.17 bits per heavy atom. The summed E-state index contributed by atoms with van der Waals surface area (Å²) in [7, 11) is 0. The Hall–Kier alpha value is -1.63. The van der Waals surface area contributed by atoms with E-state index >= 15 is 0 Å². The minimum absolute atomic E-state index is 0.116. The predicted molar refractivity (Wildman–Crippen MR) is 57.9 cm³/mol. The first-order chi connectivity index (χ1) is 8.38. The first-order valence-electron chi connectivity index (χ1n) is 5.33. The van der Waals surface area contributed by atoms with Crippen molar-refractivity contribution in [1.82, 2.24) is 10.3 Å². The van der Waals surface area contributed by atoms with Crippen LogP contribution in [0.4, 0.5) is 13.2 Å². The van der Waals surface area contributed by atoms with Crippen molar-refractivity contribution >= 4 is 5.91 Å². The van der Waals surface area contributed by atoms with Crippen LogP contribution in [0.5, 0.6) is 0 Å². The molecule has 0 unspecified atom stereocenters. The summed E-state index contributed by atoms with van der Waals surface area (Å²) in [5.41, 5.74) is -1.02. The van der Waals surface area contributed by atoms with Crippen LogP contribution in [-0.2, 0) is 6.18 Å². The minimum atomic E-state index is -4.47. The number of aromatic nitrogens is 1. The molecular weight excluding hydrogens is 249 g/mol. The number of aliphatic hydroxyl groups is 1. The molecule has 0 radical (unpaired) electrons. The molecule has 0 fully saturated rings. The van der Waals surface area contributed by atoms with Crippen molar-refractivity contribution < 1.29 is 23.1 Å². The molecule has 0 saturated carbocycles. The van der Waals surface area contributed by atoms with E-state index in [2.05, 4.69) is 10.3 Å². The molecule has 18 heavy (non-hydrogen) atoms. The van der Waals surface area contributed by atoms with Gasteiger partial charge >= 0.3 is 6.18 Å². The Morgan fingerprint density at radius 1 is 1.50 bits per heavy atom. The third-order valence-electron chi connectivity index (χ3n) is 2.37. The predicted octanol–water partition coefficient (Wildman–Crippen LogP) is 1.60. The van der Waals surface area contributed by atoms with Crippen LogP contribution in [0.1, 0.15) is 29.4 Å². The number of nitrogens with one attached hydrogen (secondary N) is 1. The number of hydrogen-bond acceptors (Lipinski definition) is 3. The summed E-state index contributed by atoms with van der Waals surface area (Å²) in [5, 5.41) is 11.3. The quantitative estimate of drug-likeness (QED) is 0.866. The molecule has 1 amide bonds. The molecule has 1 rings (SSSR count). The molecule has 100 valence electrons. The molecule has 0 bridgehead atoms. The van der Waals surface area contributed by atoms with Crippen LogP contribution < -0.4 is 5.32 Å². The minimum Gasteiger partial charge on any atom is -0.394 e. The first-order valence-corrected chi connectivity index (χ1v) is 5.33. The second-order valence-electron chi connectivity index (χ2n) is 3.69. The molecule has 2 N–H and O–H groups in total. The third kappa shape index (κ3) is 3.69. The number of carbonyl (C=O) groups is 1. The van der Waals surface area contributed by atoms with Gasteiger partial charge in [-0.3, -0.25) is 9.78 Å². The van der Waals surface area contributed by atoms with E-state index in [0.29, 0.717) is 12.6 Å². The average molecular weight is 262 g/mol. The van der Waals surface area contributed by atoms with E-state index in [9.17, 15) is 18.0 Å². The molecule has 0 spiro atoms. The smallest absolute Gasteiger partial charge is 0.394 e. The Bertz CT molecular complexity index is 400. The number of pyridine rings is 1. The van der Waals surface area contributed by atoms with Crippen LogP contribution in [0.3, 0.4) is 0 Å². The van der Waals surface area contributed by atoms with Gasteiger partial charge in [0.1, 0.15) is 5.69 Å². The fraction of sp³-hybridized carbons (Fsp3) is 0.455. The number of amides is 1. The summed E-state index contributed by atoms with van der Waals surface area (Å²) in [5.74, 6) is -0.607. The Kier molecular flexibility index (Phi) is 4.66. The highest BCUT2D eigenvalue weighted by atomic mass is 19.4. The van der Waals surface area contributed by atoms with Gasteiger partial charge in [0.15, 0.2) is 0 Å². The Balaban J connectivity index is 2.76. The molecular formula is C11H13F3N2O2. The van der Waals surface area contributed by atoms with Crippen LogP contribution in [0.25, 0.3) is 0 Å². The maximum Gasteiger partial charge on any atom is 0.417 e. The summed E-state index contributed by atoms with van der Waals surface area (Å²) in [6, 6.07) is 1.37. The number of rotatable bonds is 4. The van der Waals surface area contributed by atoms with Gasteiger partial charge in [0.25, 0.3) is 5.91 Å². The number of nitrogens with zero attached hydrogens (tertiary/aromatic N) is 1. The molecule has 0 aromatic carbocycles. The van der Waals surface area contributed by atoms with E-state index in [1.807, 2.05) is 0 Å². The molecule has 0 saturated heterocycles. The van der Waals surface area contributed by atoms with Crippen LogP contribution >= 0.6 is 0 Å². The van der Waals surface area contributed by atoms with Gasteiger partial charge in [-0.05, 0) is 18.6 Å². The zero-order valence-corrected chi connectivity index (χ0v) is 9.66. The number of halogens is 3. The zero-order valence-electron chi connectivity index (χ0n) is 9.66. The van der Waals surface area contributed by atoms with Gasteiger partial charge in [-0.25, -0.2) is 0 Å². The van der Waals surface area contributed by atoms with Crippen molar-refractivity contribution in [3.8, 4) is 0 Å². The lowest BCUT2D eigenvalue weighted by atomic mass is 10.2. The van der Waals surface area contributed by atoms with E-state index in [-0.39, 0.29) is 12.3 Å². The van der Waals surface area contributed by atoms with Crippen molar-refractivity contribution in [2.45, 2.75) is 25.6 Å². The van der Waals surface area contributed by atoms with Gasteiger partial charge in [-0.1, -0.05) is 6.92 Å². The standard InChI is InChI=1S/C11H13F3N2O2/c1-2-8(6-17)16-10(18)9-4-3-7(5-15-9)11(12,13)14/h3-5,8,17H,2,6H2,1H3,(H,16,18)/t8-/m0/s1. The van der Waals surface area contributed by atoms with Crippen molar-refractivity contribution in [1.29, 1.82) is 0 Å². The van der Waals surface area contributed by atoms with Crippen LogP contribution in [-0.4, -0.2) is 28.6 Å². The Labute approximate surface area is 102 Å². The van der Waals surface area contributed by atoms with Crippen molar-refractivity contribution in [2.75, 3.05) is 6.61 Å². The molecule has 0 aliphatic heterocycles. The highest BCUT2D eigenvalue weighted by molar-refractivity contribution is 5.92. The van der Waals surface area contributed by atoms with E-state index in [0.717, 1.165) is 12.1 Å². The second kappa shape index (κ2) is 5.81. The topological polar surface area (TPSA) is 62.2 Å². The zero-order chi connectivity index (χ0) is 13.8. The highest BCUT2D eigenvalue weighted by Crippen LogP contribution is 2.28. The molecule has 1 aromatic heterocycles. The number of alkyl halides is 3. The van der Waals surface area contributed by atoms with Gasteiger partial charge in [0.05, 0.1) is 18.2 Å². The number of hydrogen-bond donors (Lipinski definition) is 2. The van der Waals surface area contributed by atoms with E-state index in [4.69, 9.17) is 5.11 Å². The summed E-state index contributed by atoms with van der Waals surface area (Å²) in [6.07, 6.45) is -3.35. The first kappa shape index (κ1) is 14.4. The van der Waals surface area contributed by atoms with Crippen LogP contribution in [0.15, 0.2) is 18.3 Å². The summed E-state index contributed by atoms with van der Waals surface area (Å²) in [6.45, 7) is 1.53. The summed E-state index contributed by atoms with van der Waals surface area (Å²) in [4.78, 5) is 15.0. The monoisotopic (exact) mass is 262 g/mol. The maximum absolute atomic E-state index is 12.3. The van der Waals surface area contributed by atoms with E-state index in [1.54, 1.807) is 6.92 Å². The van der Waals surface area contributed by atoms with Crippen LogP contribution in [0, 0.1) is 0 Å². The number of aliphatic hydroxyl groups excluding tert-OH is 1. The van der Waals surface area contributed by atoms with Gasteiger partial charge in [-0.2, -0.15) is 13.2 Å². The van der Waals surface area contributed by atoms with E-state index < -0.39 is 23.7 Å². The largest absolute Gasteiger partial charge is 0.417 e. The fourth-order valence-corrected chi connectivity index (χ4v) is 1.23. The van der Waals surface area contributed by atoms with Gasteiger partial charge < -0.3 is 10.4 Å². The average Bonchev–Trinajstić information content (AvgIpc) is 2.34. The normalized spacial score (nSPS) is 13.2. The summed E-state index contributed by atoms with van der Waals surface area (Å²) >= 11 is 0. The fourth-order valence-electron chi connectivity index (χ4n) is 1.23. The molecule has 0 aliphatic rings. The van der Waals surface area contributed by atoms with E-state index in [1.165, 1.54) is 0 Å². The number of carbonyl (C=O) groups excluding carboxylic acids is 1. The lowest BCUT2D eigenvalue weighted by Crippen LogP contribution is -2.37. The van der Waals surface area contributed by atoms with Crippen molar-refractivity contribution in [3.05, 3.63) is 29.6 Å². The van der Waals surface area contributed by atoms with Gasteiger partial charge in [0.2, 0.25) is 0 Å². The highest BCUT2D eigenvalue weighted by Gasteiger charge is 2.30. The lowest BCUT2D eigenvalue weighted by molar-refractivity contribution is -0.137. The maximum atomic E-state index is 12.3. The van der Waals surface area contributed by atoms with Crippen molar-refractivity contribution in [3.63, 3.8) is 0 Å². The van der Waals surface area contributed by atoms with Gasteiger partial charge in [-0.15, -0.1) is 0 Å². The summed E-state index contributed by atoms with van der Waals surface area (Å²) < 4.78 is 36.8. The second-order valence-corrected chi connectivity index (χ2v) is 3.69. The molecule has 1 aromatic rings. The molecule has 1 atom stereocenters.